The van der Waals surface area contributed by atoms with E-state index in [9.17, 15) is 14.9 Å². The van der Waals surface area contributed by atoms with Gasteiger partial charge in [0.15, 0.2) is 0 Å². The summed E-state index contributed by atoms with van der Waals surface area (Å²) in [6, 6.07) is 23.9. The first kappa shape index (κ1) is 20.6. The first-order valence-electron chi connectivity index (χ1n) is 10.3. The van der Waals surface area contributed by atoms with Crippen LogP contribution >= 0.6 is 0 Å². The highest BCUT2D eigenvalue weighted by atomic mass is 16.6. The molecule has 1 aliphatic rings. The van der Waals surface area contributed by atoms with Crippen molar-refractivity contribution < 1.29 is 9.72 Å². The molecule has 7 heteroatoms. The maximum Gasteiger partial charge on any atom is 0.271 e. The third-order valence-corrected chi connectivity index (χ3v) is 5.43. The molecule has 1 saturated heterocycles. The van der Waals surface area contributed by atoms with Gasteiger partial charge in [0, 0.05) is 61.8 Å². The van der Waals surface area contributed by atoms with Crippen LogP contribution in [-0.2, 0) is 6.54 Å². The minimum atomic E-state index is -0.358. The van der Waals surface area contributed by atoms with Crippen LogP contribution in [0, 0.1) is 10.1 Å². The second-order valence-electron chi connectivity index (χ2n) is 7.56. The summed E-state index contributed by atoms with van der Waals surface area (Å²) in [5, 5.41) is 13.9. The van der Waals surface area contributed by atoms with Crippen molar-refractivity contribution in [3.05, 3.63) is 100 Å². The van der Waals surface area contributed by atoms with Crippen LogP contribution in [0.5, 0.6) is 0 Å². The minimum Gasteiger partial charge on any atom is -0.369 e. The van der Waals surface area contributed by atoms with Crippen molar-refractivity contribution in [1.29, 1.82) is 0 Å². The number of nitro groups is 1. The summed E-state index contributed by atoms with van der Waals surface area (Å²) in [6.07, 6.45) is 0. The molecule has 1 amide bonds. The molecule has 31 heavy (non-hydrogen) atoms. The Kier molecular flexibility index (Phi) is 6.24. The molecule has 1 aliphatic heterocycles. The number of hydrogen-bond acceptors (Lipinski definition) is 5. The molecule has 3 aromatic carbocycles. The van der Waals surface area contributed by atoms with E-state index in [0.29, 0.717) is 5.56 Å². The van der Waals surface area contributed by atoms with Crippen molar-refractivity contribution in [3.8, 4) is 0 Å². The Balaban J connectivity index is 1.30. The topological polar surface area (TPSA) is 78.7 Å². The van der Waals surface area contributed by atoms with E-state index in [2.05, 4.69) is 15.1 Å². The van der Waals surface area contributed by atoms with E-state index in [1.54, 1.807) is 12.1 Å². The lowest BCUT2D eigenvalue weighted by Crippen LogP contribution is -2.45. The van der Waals surface area contributed by atoms with Crippen molar-refractivity contribution >= 4 is 23.0 Å². The van der Waals surface area contributed by atoms with Gasteiger partial charge in [-0.2, -0.15) is 0 Å². The number of nitrogens with one attached hydrogen (secondary N) is 1. The first-order chi connectivity index (χ1) is 15.1. The van der Waals surface area contributed by atoms with E-state index in [1.165, 1.54) is 6.07 Å². The monoisotopic (exact) mass is 416 g/mol. The van der Waals surface area contributed by atoms with E-state index >= 15 is 0 Å². The Morgan fingerprint density at radius 3 is 2.29 bits per heavy atom. The molecule has 0 aromatic heterocycles. The molecule has 0 aliphatic carbocycles. The molecule has 0 atom stereocenters. The maximum absolute atomic E-state index is 12.4. The molecule has 1 fully saturated rings. The van der Waals surface area contributed by atoms with Gasteiger partial charge in [-0.1, -0.05) is 36.4 Å². The number of nitro benzene ring substituents is 1. The second-order valence-corrected chi connectivity index (χ2v) is 7.56. The van der Waals surface area contributed by atoms with Gasteiger partial charge in [0.05, 0.1) is 4.92 Å². The number of piperazine rings is 1. The van der Waals surface area contributed by atoms with Crippen LogP contribution in [0.2, 0.25) is 0 Å². The highest BCUT2D eigenvalue weighted by Crippen LogP contribution is 2.22. The summed E-state index contributed by atoms with van der Waals surface area (Å²) in [5.41, 5.74) is 3.57. The lowest BCUT2D eigenvalue weighted by Gasteiger charge is -2.36. The smallest absolute Gasteiger partial charge is 0.271 e. The van der Waals surface area contributed by atoms with Crippen LogP contribution in [0.4, 0.5) is 17.1 Å². The molecule has 0 saturated carbocycles. The lowest BCUT2D eigenvalue weighted by molar-refractivity contribution is -0.384. The van der Waals surface area contributed by atoms with Crippen LogP contribution in [-0.4, -0.2) is 41.9 Å². The summed E-state index contributed by atoms with van der Waals surface area (Å²) in [4.78, 5) is 27.6. The quantitative estimate of drug-likeness (QED) is 0.482. The number of para-hydroxylation sites is 1. The summed E-state index contributed by atoms with van der Waals surface area (Å²) < 4.78 is 0. The number of benzene rings is 3. The van der Waals surface area contributed by atoms with E-state index in [0.717, 1.165) is 49.7 Å². The SMILES string of the molecule is O=C(Nc1ccccc1)c1ccc(CN2CCN(c3cccc([N+](=O)[O-])c3)CC2)cc1. The molecule has 3 aromatic rings. The number of nitrogens with zero attached hydrogens (tertiary/aromatic N) is 3. The molecule has 0 bridgehead atoms. The van der Waals surface area contributed by atoms with Crippen LogP contribution in [0.1, 0.15) is 15.9 Å². The summed E-state index contributed by atoms with van der Waals surface area (Å²) in [6.45, 7) is 4.19. The lowest BCUT2D eigenvalue weighted by atomic mass is 10.1. The van der Waals surface area contributed by atoms with Gasteiger partial charge in [-0.25, -0.2) is 0 Å². The Labute approximate surface area is 181 Å². The fraction of sp³-hybridized carbons (Fsp3) is 0.208. The molecule has 7 nitrogen and oxygen atoms in total. The number of amides is 1. The minimum absolute atomic E-state index is 0.122. The molecule has 0 spiro atoms. The van der Waals surface area contributed by atoms with E-state index in [4.69, 9.17) is 0 Å². The molecular formula is C24H24N4O3. The molecule has 1 N–H and O–H groups in total. The zero-order chi connectivity index (χ0) is 21.6. The molecule has 4 rings (SSSR count). The van der Waals surface area contributed by atoms with Crippen molar-refractivity contribution in [3.63, 3.8) is 0 Å². The zero-order valence-electron chi connectivity index (χ0n) is 17.1. The second kappa shape index (κ2) is 9.40. The first-order valence-corrected chi connectivity index (χ1v) is 10.3. The van der Waals surface area contributed by atoms with Crippen molar-refractivity contribution in [2.24, 2.45) is 0 Å². The normalized spacial score (nSPS) is 14.3. The van der Waals surface area contributed by atoms with Gasteiger partial charge in [-0.05, 0) is 35.9 Å². The molecule has 158 valence electrons. The van der Waals surface area contributed by atoms with Gasteiger partial charge < -0.3 is 10.2 Å². The van der Waals surface area contributed by atoms with Crippen molar-refractivity contribution in [2.75, 3.05) is 36.4 Å². The van der Waals surface area contributed by atoms with E-state index < -0.39 is 0 Å². The van der Waals surface area contributed by atoms with Gasteiger partial charge in [0.25, 0.3) is 11.6 Å². The number of non-ortho nitro benzene ring substituents is 1. The number of hydrogen-bond donors (Lipinski definition) is 1. The van der Waals surface area contributed by atoms with E-state index in [-0.39, 0.29) is 16.5 Å². The van der Waals surface area contributed by atoms with Gasteiger partial charge in [-0.15, -0.1) is 0 Å². The molecule has 0 radical (unpaired) electrons. The maximum atomic E-state index is 12.4. The van der Waals surface area contributed by atoms with Gasteiger partial charge in [-0.3, -0.25) is 19.8 Å². The average molecular weight is 416 g/mol. The Hall–Kier alpha value is -3.71. The zero-order valence-corrected chi connectivity index (χ0v) is 17.1. The molecular weight excluding hydrogens is 392 g/mol. The Morgan fingerprint density at radius 2 is 1.61 bits per heavy atom. The third kappa shape index (κ3) is 5.26. The fourth-order valence-electron chi connectivity index (χ4n) is 3.71. The predicted octanol–water partition coefficient (Wildman–Crippen LogP) is 4.17. The third-order valence-electron chi connectivity index (χ3n) is 5.43. The summed E-state index contributed by atoms with van der Waals surface area (Å²) in [5.74, 6) is -0.122. The fourth-order valence-corrected chi connectivity index (χ4v) is 3.71. The highest BCUT2D eigenvalue weighted by molar-refractivity contribution is 6.04. The summed E-state index contributed by atoms with van der Waals surface area (Å²) >= 11 is 0. The number of anilines is 2. The number of carbonyl (C=O) groups excluding carboxylic acids is 1. The molecule has 1 heterocycles. The predicted molar refractivity (Wildman–Crippen MR) is 121 cm³/mol. The van der Waals surface area contributed by atoms with Crippen molar-refractivity contribution in [2.45, 2.75) is 6.54 Å². The van der Waals surface area contributed by atoms with Crippen LogP contribution in [0.3, 0.4) is 0 Å². The molecule has 0 unspecified atom stereocenters. The van der Waals surface area contributed by atoms with Gasteiger partial charge in [0.2, 0.25) is 0 Å². The Bertz CT molecular complexity index is 1050. The van der Waals surface area contributed by atoms with Gasteiger partial charge in [0.1, 0.15) is 0 Å². The largest absolute Gasteiger partial charge is 0.369 e. The van der Waals surface area contributed by atoms with Gasteiger partial charge >= 0.3 is 0 Å². The van der Waals surface area contributed by atoms with Crippen LogP contribution in [0.25, 0.3) is 0 Å². The average Bonchev–Trinajstić information content (AvgIpc) is 2.81. The standard InChI is InChI=1S/C24H24N4O3/c29-24(25-21-5-2-1-3-6-21)20-11-9-19(10-12-20)18-26-13-15-27(16-14-26)22-7-4-8-23(17-22)28(30)31/h1-12,17H,13-16,18H2,(H,25,29). The van der Waals surface area contributed by atoms with Crippen LogP contribution < -0.4 is 10.2 Å². The van der Waals surface area contributed by atoms with Crippen LogP contribution in [0.15, 0.2) is 78.9 Å². The number of rotatable bonds is 6. The highest BCUT2D eigenvalue weighted by Gasteiger charge is 2.19. The van der Waals surface area contributed by atoms with Crippen molar-refractivity contribution in [1.82, 2.24) is 4.90 Å². The Morgan fingerprint density at radius 1 is 0.903 bits per heavy atom. The summed E-state index contributed by atoms with van der Waals surface area (Å²) in [7, 11) is 0. The van der Waals surface area contributed by atoms with E-state index in [1.807, 2.05) is 60.7 Å². The number of carbonyl (C=O) groups is 1.